The Morgan fingerprint density at radius 2 is 2.12 bits per heavy atom. The van der Waals surface area contributed by atoms with Gasteiger partial charge in [0.2, 0.25) is 5.91 Å². The summed E-state index contributed by atoms with van der Waals surface area (Å²) >= 11 is 2.85. The number of thioether (sulfide) groups is 1. The van der Waals surface area contributed by atoms with E-state index in [4.69, 9.17) is 0 Å². The lowest BCUT2D eigenvalue weighted by molar-refractivity contribution is -0.118. The van der Waals surface area contributed by atoms with Crippen molar-refractivity contribution in [2.45, 2.75) is 65.0 Å². The van der Waals surface area contributed by atoms with Gasteiger partial charge in [0.15, 0.2) is 5.16 Å². The zero-order valence-electron chi connectivity index (χ0n) is 16.1. The van der Waals surface area contributed by atoms with Gasteiger partial charge in [0.1, 0.15) is 4.83 Å². The second-order valence-corrected chi connectivity index (χ2v) is 8.92. The minimum Gasteiger partial charge on any atom is -0.355 e. The minimum absolute atomic E-state index is 0.0198. The molecule has 0 unspecified atom stereocenters. The zero-order chi connectivity index (χ0) is 19.1. The summed E-state index contributed by atoms with van der Waals surface area (Å²) in [7, 11) is 0. The van der Waals surface area contributed by atoms with Gasteiger partial charge >= 0.3 is 0 Å². The van der Waals surface area contributed by atoms with Crippen molar-refractivity contribution < 1.29 is 4.79 Å². The number of aromatic nitrogens is 2. The molecule has 7 heteroatoms. The number of nitrogens with zero attached hydrogens (tertiary/aromatic N) is 1. The highest BCUT2D eigenvalue weighted by Gasteiger charge is 2.17. The maximum Gasteiger partial charge on any atom is 0.260 e. The Morgan fingerprint density at radius 1 is 1.35 bits per heavy atom. The molecule has 0 aliphatic rings. The van der Waals surface area contributed by atoms with E-state index in [0.717, 1.165) is 52.8 Å². The number of aryl methyl sites for hydroxylation is 1. The number of hydrogen-bond acceptors (Lipinski definition) is 5. The molecule has 1 atom stereocenters. The van der Waals surface area contributed by atoms with Crippen LogP contribution in [0.2, 0.25) is 0 Å². The second-order valence-electron chi connectivity index (χ2n) is 6.75. The van der Waals surface area contributed by atoms with Crippen molar-refractivity contribution in [3.63, 3.8) is 0 Å². The van der Waals surface area contributed by atoms with Gasteiger partial charge in [-0.3, -0.25) is 9.59 Å². The lowest BCUT2D eigenvalue weighted by Crippen LogP contribution is -2.26. The Labute approximate surface area is 163 Å². The summed E-state index contributed by atoms with van der Waals surface area (Å²) in [5.41, 5.74) is 1.03. The van der Waals surface area contributed by atoms with E-state index in [0.29, 0.717) is 17.6 Å². The van der Waals surface area contributed by atoms with Crippen LogP contribution in [0.5, 0.6) is 0 Å². The van der Waals surface area contributed by atoms with Crippen LogP contribution in [0.15, 0.2) is 9.95 Å². The fraction of sp³-hybridized carbons (Fsp3) is 0.632. The molecule has 0 bridgehead atoms. The van der Waals surface area contributed by atoms with Crippen LogP contribution in [0.1, 0.15) is 56.9 Å². The number of unbranched alkanes of at least 4 members (excludes halogenated alkanes) is 2. The number of rotatable bonds is 10. The van der Waals surface area contributed by atoms with Crippen molar-refractivity contribution in [3.05, 3.63) is 20.8 Å². The SMILES string of the molecule is CCCCCNC(=O)CSc1nc2sc(C)c(C[C@H](C)CC)c2c(=O)[nH]1. The molecule has 2 rings (SSSR count). The first kappa shape index (κ1) is 21.0. The average Bonchev–Trinajstić information content (AvgIpc) is 2.92. The molecule has 0 aromatic carbocycles. The maximum absolute atomic E-state index is 12.6. The molecule has 26 heavy (non-hydrogen) atoms. The summed E-state index contributed by atoms with van der Waals surface area (Å²) in [6.07, 6.45) is 5.25. The van der Waals surface area contributed by atoms with Crippen LogP contribution >= 0.6 is 23.1 Å². The summed E-state index contributed by atoms with van der Waals surface area (Å²) in [4.78, 5) is 33.8. The molecule has 2 aromatic heterocycles. The largest absolute Gasteiger partial charge is 0.355 e. The first-order chi connectivity index (χ1) is 12.5. The van der Waals surface area contributed by atoms with Crippen LogP contribution in [0.25, 0.3) is 10.2 Å². The number of aromatic amines is 1. The van der Waals surface area contributed by atoms with Gasteiger partial charge in [0.05, 0.1) is 11.1 Å². The molecule has 2 heterocycles. The molecule has 0 aliphatic carbocycles. The van der Waals surface area contributed by atoms with Gasteiger partial charge < -0.3 is 10.3 Å². The average molecular weight is 396 g/mol. The van der Waals surface area contributed by atoms with Gasteiger partial charge in [0, 0.05) is 11.4 Å². The molecule has 0 saturated heterocycles. The quantitative estimate of drug-likeness (QED) is 0.358. The summed E-state index contributed by atoms with van der Waals surface area (Å²) in [6.45, 7) is 9.27. The van der Waals surface area contributed by atoms with Crippen LogP contribution < -0.4 is 10.9 Å². The van der Waals surface area contributed by atoms with E-state index in [9.17, 15) is 9.59 Å². The molecule has 0 spiro atoms. The number of amides is 1. The molecule has 0 aliphatic heterocycles. The Hall–Kier alpha value is -1.34. The molecule has 0 saturated carbocycles. The molecule has 5 nitrogen and oxygen atoms in total. The minimum atomic E-state index is -0.0940. The van der Waals surface area contributed by atoms with E-state index < -0.39 is 0 Å². The lowest BCUT2D eigenvalue weighted by Gasteiger charge is -2.08. The van der Waals surface area contributed by atoms with E-state index in [-0.39, 0.29) is 17.2 Å². The predicted molar refractivity (Wildman–Crippen MR) is 111 cm³/mol. The number of carbonyl (C=O) groups excluding carboxylic acids is 1. The number of carbonyl (C=O) groups is 1. The van der Waals surface area contributed by atoms with Crippen molar-refractivity contribution in [1.29, 1.82) is 0 Å². The van der Waals surface area contributed by atoms with E-state index in [2.05, 4.69) is 43.0 Å². The fourth-order valence-electron chi connectivity index (χ4n) is 2.75. The topological polar surface area (TPSA) is 74.8 Å². The summed E-state index contributed by atoms with van der Waals surface area (Å²) < 4.78 is 0. The summed E-state index contributed by atoms with van der Waals surface area (Å²) in [5, 5.41) is 4.14. The molecule has 2 aromatic rings. The number of hydrogen-bond donors (Lipinski definition) is 2. The Morgan fingerprint density at radius 3 is 2.81 bits per heavy atom. The van der Waals surface area contributed by atoms with Gasteiger partial charge in [-0.25, -0.2) is 4.98 Å². The molecule has 2 N–H and O–H groups in total. The third-order valence-corrected chi connectivity index (χ3v) is 6.45. The molecular formula is C19H29N3O2S2. The number of thiophene rings is 1. The van der Waals surface area contributed by atoms with E-state index in [1.807, 2.05) is 0 Å². The van der Waals surface area contributed by atoms with Crippen molar-refractivity contribution in [1.82, 2.24) is 15.3 Å². The molecule has 0 fully saturated rings. The van der Waals surface area contributed by atoms with Gasteiger partial charge in [-0.15, -0.1) is 11.3 Å². The highest BCUT2D eigenvalue weighted by atomic mass is 32.2. The third kappa shape index (κ3) is 5.58. The van der Waals surface area contributed by atoms with Gasteiger partial charge in [-0.2, -0.15) is 0 Å². The highest BCUT2D eigenvalue weighted by molar-refractivity contribution is 7.99. The second kappa shape index (κ2) is 10.1. The van der Waals surface area contributed by atoms with Crippen LogP contribution in [-0.4, -0.2) is 28.2 Å². The third-order valence-electron chi connectivity index (χ3n) is 4.53. The van der Waals surface area contributed by atoms with Crippen molar-refractivity contribution in [3.8, 4) is 0 Å². The van der Waals surface area contributed by atoms with Crippen molar-refractivity contribution in [2.24, 2.45) is 5.92 Å². The Bertz CT molecular complexity index is 798. The van der Waals surface area contributed by atoms with Gasteiger partial charge in [-0.1, -0.05) is 51.8 Å². The van der Waals surface area contributed by atoms with Gasteiger partial charge in [0.25, 0.3) is 5.56 Å². The summed E-state index contributed by atoms with van der Waals surface area (Å²) in [6, 6.07) is 0. The molecule has 1 amide bonds. The molecule has 0 radical (unpaired) electrons. The van der Waals surface area contributed by atoms with E-state index in [1.54, 1.807) is 11.3 Å². The normalized spacial score (nSPS) is 12.5. The maximum atomic E-state index is 12.6. The molecule has 144 valence electrons. The summed E-state index contributed by atoms with van der Waals surface area (Å²) in [5.74, 6) is 0.787. The van der Waals surface area contributed by atoms with Crippen molar-refractivity contribution >= 4 is 39.2 Å². The van der Waals surface area contributed by atoms with Crippen molar-refractivity contribution in [2.75, 3.05) is 12.3 Å². The van der Waals surface area contributed by atoms with Crippen LogP contribution in [0.3, 0.4) is 0 Å². The number of fused-ring (bicyclic) bond motifs is 1. The smallest absolute Gasteiger partial charge is 0.260 e. The van der Waals surface area contributed by atoms with Gasteiger partial charge in [-0.05, 0) is 31.2 Å². The lowest BCUT2D eigenvalue weighted by atomic mass is 9.98. The number of H-pyrrole nitrogens is 1. The molecular weight excluding hydrogens is 366 g/mol. The first-order valence-corrected chi connectivity index (χ1v) is 11.2. The number of nitrogens with one attached hydrogen (secondary N) is 2. The fourth-order valence-corrected chi connectivity index (χ4v) is 4.55. The zero-order valence-corrected chi connectivity index (χ0v) is 17.7. The first-order valence-electron chi connectivity index (χ1n) is 9.38. The Balaban J connectivity index is 2.07. The van der Waals surface area contributed by atoms with Crippen LogP contribution in [0.4, 0.5) is 0 Å². The monoisotopic (exact) mass is 395 g/mol. The highest BCUT2D eigenvalue weighted by Crippen LogP contribution is 2.30. The standard InChI is InChI=1S/C19H29N3O2S2/c1-5-7-8-9-20-15(23)11-25-19-21-17(24)16-14(10-12(3)6-2)13(4)26-18(16)22-19/h12H,5-11H2,1-4H3,(H,20,23)(H,21,22,24)/t12-/m1/s1. The predicted octanol–water partition coefficient (Wildman–Crippen LogP) is 4.28. The van der Waals surface area contributed by atoms with E-state index in [1.165, 1.54) is 11.8 Å². The Kier molecular flexibility index (Phi) is 8.15. The van der Waals surface area contributed by atoms with E-state index >= 15 is 0 Å². The van der Waals surface area contributed by atoms with Crippen LogP contribution in [-0.2, 0) is 11.2 Å². The van der Waals surface area contributed by atoms with Crippen LogP contribution in [0, 0.1) is 12.8 Å².